The summed E-state index contributed by atoms with van der Waals surface area (Å²) in [5.74, 6) is 0. The summed E-state index contributed by atoms with van der Waals surface area (Å²) in [5.41, 5.74) is 12.2. The topological polar surface area (TPSA) is 13.1 Å². The van der Waals surface area contributed by atoms with Gasteiger partial charge in [0.05, 0.1) is 16.6 Å². The van der Waals surface area contributed by atoms with Crippen LogP contribution in [0.1, 0.15) is 52.7 Å². The first-order valence-electron chi connectivity index (χ1n) is 17.3. The summed E-state index contributed by atoms with van der Waals surface area (Å²) in [6.45, 7) is 13.6. The Hall–Kier alpha value is -5.54. The maximum atomic E-state index is 2.44. The average Bonchev–Trinajstić information content (AvgIpc) is 3.69. The predicted octanol–water partition coefficient (Wildman–Crippen LogP) is 12.8. The van der Waals surface area contributed by atoms with Crippen molar-refractivity contribution >= 4 is 49.8 Å². The zero-order chi connectivity index (χ0) is 33.9. The van der Waals surface area contributed by atoms with Crippen LogP contribution in [0.3, 0.4) is 0 Å². The van der Waals surface area contributed by atoms with Crippen molar-refractivity contribution in [3.05, 3.63) is 163 Å². The molecule has 0 aliphatic heterocycles. The second-order valence-corrected chi connectivity index (χ2v) is 15.2. The molecule has 49 heavy (non-hydrogen) atoms. The number of anilines is 3. The van der Waals surface area contributed by atoms with Gasteiger partial charge in [-0.25, -0.2) is 0 Å². The van der Waals surface area contributed by atoms with Crippen LogP contribution >= 0.6 is 0 Å². The second kappa shape index (κ2) is 11.6. The molecule has 3 nitrogen and oxygen atoms in total. The second-order valence-electron chi connectivity index (χ2n) is 15.2. The van der Waals surface area contributed by atoms with Crippen molar-refractivity contribution in [2.24, 2.45) is 0 Å². The third-order valence-corrected chi connectivity index (χ3v) is 9.89. The van der Waals surface area contributed by atoms with Gasteiger partial charge in [-0.05, 0) is 101 Å². The smallest absolute Gasteiger partial charge is 0.0635 e. The van der Waals surface area contributed by atoms with E-state index in [0.717, 1.165) is 28.4 Å². The Morgan fingerprint density at radius 3 is 1.51 bits per heavy atom. The minimum absolute atomic E-state index is 0.0924. The van der Waals surface area contributed by atoms with E-state index in [4.69, 9.17) is 0 Å². The normalized spacial score (nSPS) is 12.3. The molecule has 0 bridgehead atoms. The lowest BCUT2D eigenvalue weighted by Crippen LogP contribution is -2.14. The molecule has 8 aromatic rings. The molecule has 6 aromatic carbocycles. The number of fused-ring (bicyclic) bond motifs is 5. The SMILES string of the molecule is CC(C)(C)c1ccc(N(c2ccc(-n3c4ccccc4c4ccc5c(ccn5-c5ccccc5)c43)cc2)c2ccc(C(C)(C)C)cc2)cc1. The van der Waals surface area contributed by atoms with Crippen LogP contribution < -0.4 is 4.90 Å². The Morgan fingerprint density at radius 2 is 0.939 bits per heavy atom. The van der Waals surface area contributed by atoms with Crippen LogP contribution in [0.4, 0.5) is 17.1 Å². The molecule has 0 amide bonds. The first kappa shape index (κ1) is 30.8. The summed E-state index contributed by atoms with van der Waals surface area (Å²) in [5, 5.41) is 3.76. The summed E-state index contributed by atoms with van der Waals surface area (Å²) in [7, 11) is 0. The molecule has 0 saturated carbocycles. The van der Waals surface area contributed by atoms with E-state index in [9.17, 15) is 0 Å². The zero-order valence-electron chi connectivity index (χ0n) is 29.3. The summed E-state index contributed by atoms with van der Waals surface area (Å²) in [6.07, 6.45) is 2.19. The largest absolute Gasteiger partial charge is 0.316 e. The molecule has 0 spiro atoms. The molecule has 242 valence electrons. The standard InChI is InChI=1S/C46H43N3/c1-45(2,3)32-16-20-35(21-17-32)48(36-22-18-33(19-23-36)46(4,5)6)37-24-26-38(27-25-37)49-43-15-11-10-14-39(43)40-28-29-42-41(44(40)49)30-31-47(42)34-12-8-7-9-13-34/h7-31H,1-6H3. The highest BCUT2D eigenvalue weighted by molar-refractivity contribution is 6.18. The first-order valence-corrected chi connectivity index (χ1v) is 17.3. The number of hydrogen-bond donors (Lipinski definition) is 0. The molecule has 0 saturated heterocycles. The van der Waals surface area contributed by atoms with Gasteiger partial charge < -0.3 is 14.0 Å². The number of hydrogen-bond acceptors (Lipinski definition) is 1. The summed E-state index contributed by atoms with van der Waals surface area (Å²) in [4.78, 5) is 2.37. The van der Waals surface area contributed by atoms with E-state index in [1.807, 2.05) is 0 Å². The van der Waals surface area contributed by atoms with Crippen molar-refractivity contribution in [2.45, 2.75) is 52.4 Å². The van der Waals surface area contributed by atoms with Crippen LogP contribution in [-0.2, 0) is 10.8 Å². The van der Waals surface area contributed by atoms with Gasteiger partial charge in [-0.15, -0.1) is 0 Å². The van der Waals surface area contributed by atoms with E-state index in [-0.39, 0.29) is 10.8 Å². The van der Waals surface area contributed by atoms with Gasteiger partial charge in [-0.1, -0.05) is 108 Å². The van der Waals surface area contributed by atoms with Gasteiger partial charge >= 0.3 is 0 Å². The lowest BCUT2D eigenvalue weighted by atomic mass is 9.86. The fourth-order valence-electron chi connectivity index (χ4n) is 7.18. The molecule has 2 aromatic heterocycles. The van der Waals surface area contributed by atoms with Crippen LogP contribution in [0.25, 0.3) is 44.1 Å². The van der Waals surface area contributed by atoms with E-state index in [2.05, 4.69) is 207 Å². The fraction of sp³-hybridized carbons (Fsp3) is 0.174. The van der Waals surface area contributed by atoms with Crippen molar-refractivity contribution in [1.82, 2.24) is 9.13 Å². The van der Waals surface area contributed by atoms with E-state index >= 15 is 0 Å². The molecule has 0 aliphatic rings. The van der Waals surface area contributed by atoms with Crippen LogP contribution in [0.5, 0.6) is 0 Å². The number of aromatic nitrogens is 2. The van der Waals surface area contributed by atoms with Gasteiger partial charge in [0.2, 0.25) is 0 Å². The Labute approximate surface area is 289 Å². The van der Waals surface area contributed by atoms with Gasteiger partial charge in [0, 0.05) is 50.8 Å². The predicted molar refractivity (Wildman–Crippen MR) is 210 cm³/mol. The van der Waals surface area contributed by atoms with E-state index < -0.39 is 0 Å². The maximum absolute atomic E-state index is 2.44. The molecule has 0 N–H and O–H groups in total. The van der Waals surface area contributed by atoms with Crippen molar-refractivity contribution in [2.75, 3.05) is 4.90 Å². The molecule has 0 atom stereocenters. The third-order valence-electron chi connectivity index (χ3n) is 9.89. The minimum atomic E-state index is 0.0924. The molecule has 8 rings (SSSR count). The van der Waals surface area contributed by atoms with Gasteiger partial charge in [-0.3, -0.25) is 0 Å². The van der Waals surface area contributed by atoms with E-state index in [1.54, 1.807) is 0 Å². The summed E-state index contributed by atoms with van der Waals surface area (Å²) >= 11 is 0. The van der Waals surface area contributed by atoms with E-state index in [1.165, 1.54) is 43.8 Å². The molecular formula is C46H43N3. The highest BCUT2D eigenvalue weighted by Gasteiger charge is 2.20. The Morgan fingerprint density at radius 1 is 0.408 bits per heavy atom. The van der Waals surface area contributed by atoms with Gasteiger partial charge in [0.1, 0.15) is 0 Å². The number of benzene rings is 6. The monoisotopic (exact) mass is 637 g/mol. The molecule has 3 heteroatoms. The Bertz CT molecular complexity index is 2350. The molecule has 0 aliphatic carbocycles. The maximum Gasteiger partial charge on any atom is 0.0635 e. The van der Waals surface area contributed by atoms with Crippen LogP contribution in [0, 0.1) is 0 Å². The summed E-state index contributed by atoms with van der Waals surface area (Å²) < 4.78 is 4.72. The highest BCUT2D eigenvalue weighted by Crippen LogP contribution is 2.40. The minimum Gasteiger partial charge on any atom is -0.316 e. The quantitative estimate of drug-likeness (QED) is 0.183. The van der Waals surface area contributed by atoms with E-state index in [0.29, 0.717) is 0 Å². The highest BCUT2D eigenvalue weighted by atomic mass is 15.1. The molecule has 2 heterocycles. The fourth-order valence-corrected chi connectivity index (χ4v) is 7.18. The third kappa shape index (κ3) is 5.40. The van der Waals surface area contributed by atoms with Crippen LogP contribution in [0.15, 0.2) is 152 Å². The molecule has 0 unspecified atom stereocenters. The number of para-hydroxylation sites is 2. The zero-order valence-corrected chi connectivity index (χ0v) is 29.3. The molecular weight excluding hydrogens is 595 g/mol. The van der Waals surface area contributed by atoms with Crippen molar-refractivity contribution < 1.29 is 0 Å². The lowest BCUT2D eigenvalue weighted by Gasteiger charge is -2.28. The van der Waals surface area contributed by atoms with Crippen LogP contribution in [0.2, 0.25) is 0 Å². The number of rotatable bonds is 5. The lowest BCUT2D eigenvalue weighted by molar-refractivity contribution is 0.590. The van der Waals surface area contributed by atoms with Gasteiger partial charge in [0.25, 0.3) is 0 Å². The first-order chi connectivity index (χ1) is 23.6. The van der Waals surface area contributed by atoms with Gasteiger partial charge in [0.15, 0.2) is 0 Å². The Kier molecular flexibility index (Phi) is 7.26. The number of nitrogens with zero attached hydrogens (tertiary/aromatic N) is 3. The van der Waals surface area contributed by atoms with Crippen molar-refractivity contribution in [3.63, 3.8) is 0 Å². The molecule has 0 fully saturated rings. The van der Waals surface area contributed by atoms with Crippen molar-refractivity contribution in [1.29, 1.82) is 0 Å². The van der Waals surface area contributed by atoms with Crippen LogP contribution in [-0.4, -0.2) is 9.13 Å². The Balaban J connectivity index is 1.28. The van der Waals surface area contributed by atoms with Gasteiger partial charge in [-0.2, -0.15) is 0 Å². The molecule has 0 radical (unpaired) electrons. The van der Waals surface area contributed by atoms with Crippen molar-refractivity contribution in [3.8, 4) is 11.4 Å². The summed E-state index contributed by atoms with van der Waals surface area (Å²) in [6, 6.07) is 53.3. The average molecular weight is 638 g/mol.